The number of alkyl halides is 3. The average molecular weight is 354 g/mol. The van der Waals surface area contributed by atoms with Crippen LogP contribution in [0.25, 0.3) is 11.4 Å². The molecule has 25 heavy (non-hydrogen) atoms. The van der Waals surface area contributed by atoms with Gasteiger partial charge < -0.3 is 15.2 Å². The van der Waals surface area contributed by atoms with Crippen LogP contribution < -0.4 is 10.6 Å². The lowest BCUT2D eigenvalue weighted by molar-refractivity contribution is -0.159. The highest BCUT2D eigenvalue weighted by Gasteiger charge is 2.38. The zero-order valence-electron chi connectivity index (χ0n) is 12.9. The molecule has 0 aliphatic carbocycles. The van der Waals surface area contributed by atoms with Gasteiger partial charge in [-0.25, -0.2) is 0 Å². The van der Waals surface area contributed by atoms with Crippen LogP contribution in [0.1, 0.15) is 23.2 Å². The van der Waals surface area contributed by atoms with E-state index in [1.165, 1.54) is 24.3 Å². The Hall–Kier alpha value is -2.91. The molecule has 2 heterocycles. The molecule has 0 spiro atoms. The molecule has 1 aromatic carbocycles. The minimum atomic E-state index is -4.72. The summed E-state index contributed by atoms with van der Waals surface area (Å²) in [7, 11) is 0. The van der Waals surface area contributed by atoms with Crippen LogP contribution in [-0.2, 0) is 11.0 Å². The summed E-state index contributed by atoms with van der Waals surface area (Å²) in [5.74, 6) is -2.40. The maximum atomic E-state index is 12.5. The Balaban J connectivity index is 1.73. The summed E-state index contributed by atoms with van der Waals surface area (Å²) in [6, 6.07) is 5.01. The first-order valence-corrected chi connectivity index (χ1v) is 7.35. The molecule has 1 fully saturated rings. The van der Waals surface area contributed by atoms with Gasteiger partial charge in [-0.15, -0.1) is 0 Å². The van der Waals surface area contributed by atoms with Crippen molar-refractivity contribution in [2.45, 2.75) is 19.1 Å². The Kier molecular flexibility index (Phi) is 4.19. The van der Waals surface area contributed by atoms with E-state index in [0.717, 1.165) is 0 Å². The Bertz CT molecular complexity index is 801. The first-order valence-electron chi connectivity index (χ1n) is 7.35. The number of halogens is 3. The lowest BCUT2D eigenvalue weighted by Crippen LogP contribution is -2.42. The van der Waals surface area contributed by atoms with E-state index in [4.69, 9.17) is 0 Å². The molecule has 1 aliphatic rings. The average Bonchev–Trinajstić information content (AvgIpc) is 3.17. The molecule has 2 aromatic rings. The molecule has 3 rings (SSSR count). The molecular formula is C15H13F3N4O3. The molecule has 0 radical (unpaired) electrons. The number of rotatable bonds is 3. The highest BCUT2D eigenvalue weighted by atomic mass is 19.4. The molecule has 1 aromatic heterocycles. The van der Waals surface area contributed by atoms with Crippen molar-refractivity contribution in [3.63, 3.8) is 0 Å². The summed E-state index contributed by atoms with van der Waals surface area (Å²) in [5, 5.41) is 8.55. The summed E-state index contributed by atoms with van der Waals surface area (Å²) >= 11 is 0. The lowest BCUT2D eigenvalue weighted by atomic mass is 10.0. The monoisotopic (exact) mass is 354 g/mol. The van der Waals surface area contributed by atoms with Gasteiger partial charge in [-0.1, -0.05) is 24.2 Å². The molecule has 132 valence electrons. The quantitative estimate of drug-likeness (QED) is 0.873. The number of hydrogen-bond donors (Lipinski definition) is 2. The van der Waals surface area contributed by atoms with Crippen molar-refractivity contribution in [3.8, 4) is 11.4 Å². The van der Waals surface area contributed by atoms with E-state index in [1.807, 2.05) is 6.92 Å². The van der Waals surface area contributed by atoms with Gasteiger partial charge in [0.15, 0.2) is 0 Å². The van der Waals surface area contributed by atoms with Crippen LogP contribution in [0, 0.1) is 5.92 Å². The molecule has 1 aliphatic heterocycles. The predicted molar refractivity (Wildman–Crippen MR) is 78.2 cm³/mol. The fraction of sp³-hybridized carbons (Fsp3) is 0.333. The van der Waals surface area contributed by atoms with Crippen LogP contribution in [0.2, 0.25) is 0 Å². The van der Waals surface area contributed by atoms with Gasteiger partial charge in [-0.05, 0) is 12.1 Å². The molecule has 0 saturated carbocycles. The maximum absolute atomic E-state index is 12.5. The molecule has 2 atom stereocenters. The van der Waals surface area contributed by atoms with E-state index in [9.17, 15) is 22.8 Å². The second-order valence-electron chi connectivity index (χ2n) is 5.67. The molecule has 2 amide bonds. The number of hydrogen-bond acceptors (Lipinski definition) is 5. The van der Waals surface area contributed by atoms with Crippen LogP contribution in [0.15, 0.2) is 28.8 Å². The molecule has 0 bridgehead atoms. The highest BCUT2D eigenvalue weighted by molar-refractivity contribution is 5.98. The van der Waals surface area contributed by atoms with E-state index in [0.29, 0.717) is 6.54 Å². The molecule has 1 saturated heterocycles. The number of benzene rings is 1. The Morgan fingerprint density at radius 2 is 2.00 bits per heavy atom. The molecule has 2 N–H and O–H groups in total. The van der Waals surface area contributed by atoms with Gasteiger partial charge in [0.2, 0.25) is 11.7 Å². The number of carbonyl (C=O) groups is 2. The summed E-state index contributed by atoms with van der Waals surface area (Å²) in [4.78, 5) is 27.1. The van der Waals surface area contributed by atoms with Crippen molar-refractivity contribution in [1.29, 1.82) is 0 Å². The van der Waals surface area contributed by atoms with E-state index < -0.39 is 24.0 Å². The number of amides is 2. The van der Waals surface area contributed by atoms with Gasteiger partial charge in [-0.3, -0.25) is 9.59 Å². The first kappa shape index (κ1) is 16.9. The summed E-state index contributed by atoms with van der Waals surface area (Å²) < 4.78 is 41.5. The van der Waals surface area contributed by atoms with Crippen LogP contribution in [0.4, 0.5) is 13.2 Å². The SMILES string of the molecule is CC1CNC(=O)C1NC(=O)c1ccc(-c2noc(C(F)(F)F)n2)cc1. The zero-order valence-corrected chi connectivity index (χ0v) is 12.9. The van der Waals surface area contributed by atoms with Crippen molar-refractivity contribution < 1.29 is 27.3 Å². The van der Waals surface area contributed by atoms with Crippen LogP contribution in [-0.4, -0.2) is 34.5 Å². The Morgan fingerprint density at radius 3 is 2.52 bits per heavy atom. The van der Waals surface area contributed by atoms with Crippen LogP contribution in [0.5, 0.6) is 0 Å². The molecular weight excluding hydrogens is 341 g/mol. The summed E-state index contributed by atoms with van der Waals surface area (Å²) in [6.45, 7) is 2.32. The van der Waals surface area contributed by atoms with Crippen LogP contribution >= 0.6 is 0 Å². The molecule has 10 heteroatoms. The Labute approximate surface area is 139 Å². The highest BCUT2D eigenvalue weighted by Crippen LogP contribution is 2.29. The molecule has 2 unspecified atom stereocenters. The van der Waals surface area contributed by atoms with Gasteiger partial charge in [-0.2, -0.15) is 18.2 Å². The first-order chi connectivity index (χ1) is 11.8. The molecule has 7 nitrogen and oxygen atoms in total. The fourth-order valence-corrected chi connectivity index (χ4v) is 2.41. The van der Waals surface area contributed by atoms with E-state index in [2.05, 4.69) is 25.3 Å². The van der Waals surface area contributed by atoms with Crippen molar-refractivity contribution in [2.75, 3.05) is 6.54 Å². The van der Waals surface area contributed by atoms with E-state index in [1.54, 1.807) is 0 Å². The van der Waals surface area contributed by atoms with Crippen molar-refractivity contribution >= 4 is 11.8 Å². The maximum Gasteiger partial charge on any atom is 0.471 e. The number of nitrogens with one attached hydrogen (secondary N) is 2. The second kappa shape index (κ2) is 6.19. The van der Waals surface area contributed by atoms with Crippen molar-refractivity contribution in [1.82, 2.24) is 20.8 Å². The normalized spacial score (nSPS) is 20.4. The predicted octanol–water partition coefficient (Wildman–Crippen LogP) is 1.62. The second-order valence-corrected chi connectivity index (χ2v) is 5.67. The third-order valence-electron chi connectivity index (χ3n) is 3.81. The minimum Gasteiger partial charge on any atom is -0.354 e. The smallest absolute Gasteiger partial charge is 0.354 e. The van der Waals surface area contributed by atoms with Crippen molar-refractivity contribution in [3.05, 3.63) is 35.7 Å². The number of carbonyl (C=O) groups excluding carboxylic acids is 2. The van der Waals surface area contributed by atoms with Crippen molar-refractivity contribution in [2.24, 2.45) is 5.92 Å². The summed E-state index contributed by atoms with van der Waals surface area (Å²) in [6.07, 6.45) is -4.72. The topological polar surface area (TPSA) is 97.1 Å². The lowest BCUT2D eigenvalue weighted by Gasteiger charge is -2.14. The zero-order chi connectivity index (χ0) is 18.2. The van der Waals surface area contributed by atoms with E-state index in [-0.39, 0.29) is 28.8 Å². The van der Waals surface area contributed by atoms with Gasteiger partial charge in [0.05, 0.1) is 0 Å². The fourth-order valence-electron chi connectivity index (χ4n) is 2.41. The Morgan fingerprint density at radius 1 is 1.32 bits per heavy atom. The van der Waals surface area contributed by atoms with Gasteiger partial charge in [0.25, 0.3) is 5.91 Å². The van der Waals surface area contributed by atoms with E-state index >= 15 is 0 Å². The standard InChI is InChI=1S/C15H13F3N4O3/c1-7-6-19-13(24)10(7)20-12(23)9-4-2-8(3-5-9)11-21-14(25-22-11)15(16,17)18/h2-5,7,10H,6H2,1H3,(H,19,24)(H,20,23). The number of aromatic nitrogens is 2. The largest absolute Gasteiger partial charge is 0.471 e. The van der Waals surface area contributed by atoms with Gasteiger partial charge in [0.1, 0.15) is 6.04 Å². The third kappa shape index (κ3) is 3.47. The van der Waals surface area contributed by atoms with Gasteiger partial charge >= 0.3 is 12.1 Å². The summed E-state index contributed by atoms with van der Waals surface area (Å²) in [5.41, 5.74) is 0.526. The minimum absolute atomic E-state index is 0.0316. The third-order valence-corrected chi connectivity index (χ3v) is 3.81. The number of nitrogens with zero attached hydrogens (tertiary/aromatic N) is 2. The van der Waals surface area contributed by atoms with Gasteiger partial charge in [0, 0.05) is 23.6 Å². The van der Waals surface area contributed by atoms with Crippen LogP contribution in [0.3, 0.4) is 0 Å².